The first-order valence-corrected chi connectivity index (χ1v) is 8.40. The third kappa shape index (κ3) is 1.51. The van der Waals surface area contributed by atoms with Crippen molar-refractivity contribution in [3.63, 3.8) is 0 Å². The number of hydrogen-bond acceptors (Lipinski definition) is 3. The van der Waals surface area contributed by atoms with Gasteiger partial charge in [0.1, 0.15) is 0 Å². The number of fused-ring (bicyclic) bond motifs is 1. The minimum absolute atomic E-state index is 0.0564. The number of hydrogen-bond donors (Lipinski definition) is 1. The summed E-state index contributed by atoms with van der Waals surface area (Å²) in [5, 5.41) is 10.1. The molecule has 4 aliphatic carbocycles. The summed E-state index contributed by atoms with van der Waals surface area (Å²) in [4.78, 5) is 12.7. The van der Waals surface area contributed by atoms with E-state index in [-0.39, 0.29) is 5.92 Å². The highest BCUT2D eigenvalue weighted by atomic mass is 16.2. The van der Waals surface area contributed by atoms with Crippen molar-refractivity contribution in [2.75, 3.05) is 13.1 Å². The van der Waals surface area contributed by atoms with Crippen molar-refractivity contribution in [2.45, 2.75) is 44.6 Å². The summed E-state index contributed by atoms with van der Waals surface area (Å²) >= 11 is 0. The Morgan fingerprint density at radius 1 is 1.05 bits per heavy atom. The van der Waals surface area contributed by atoms with Crippen LogP contribution in [-0.2, 0) is 4.79 Å². The standard InChI is InChI=1S/C16H23N3O/c20-16-13-8-17-2-1-14(13)18-19(16)15-11-4-9-3-10(6-11)7-12(15)5-9/h9-13,15,17H,1-8H2. The van der Waals surface area contributed by atoms with E-state index in [1.165, 1.54) is 32.1 Å². The van der Waals surface area contributed by atoms with Crippen molar-refractivity contribution in [1.29, 1.82) is 0 Å². The van der Waals surface area contributed by atoms with E-state index in [2.05, 4.69) is 5.32 Å². The van der Waals surface area contributed by atoms with Crippen LogP contribution in [0, 0.1) is 29.6 Å². The molecule has 1 atom stereocenters. The maximum atomic E-state index is 12.7. The molecule has 4 saturated carbocycles. The molecule has 1 amide bonds. The second kappa shape index (κ2) is 4.06. The lowest BCUT2D eigenvalue weighted by atomic mass is 9.54. The van der Waals surface area contributed by atoms with E-state index in [9.17, 15) is 4.79 Å². The third-order valence-electron chi connectivity index (χ3n) is 6.53. The number of hydrazone groups is 1. The van der Waals surface area contributed by atoms with Gasteiger partial charge >= 0.3 is 0 Å². The van der Waals surface area contributed by atoms with Gasteiger partial charge in [-0.25, -0.2) is 5.01 Å². The quantitative estimate of drug-likeness (QED) is 0.789. The average Bonchev–Trinajstić information content (AvgIpc) is 2.76. The normalized spacial score (nSPS) is 49.5. The Bertz CT molecular complexity index is 458. The zero-order valence-electron chi connectivity index (χ0n) is 11.9. The summed E-state index contributed by atoms with van der Waals surface area (Å²) in [5.74, 6) is 3.76. The number of carbonyl (C=O) groups excluding carboxylic acids is 1. The Morgan fingerprint density at radius 2 is 1.75 bits per heavy atom. The molecule has 0 aromatic rings. The van der Waals surface area contributed by atoms with E-state index in [0.29, 0.717) is 11.9 Å². The number of piperidine rings is 1. The van der Waals surface area contributed by atoms with E-state index in [4.69, 9.17) is 5.10 Å². The van der Waals surface area contributed by atoms with Crippen LogP contribution in [0.15, 0.2) is 5.10 Å². The maximum absolute atomic E-state index is 12.7. The molecule has 1 N–H and O–H groups in total. The molecule has 1 unspecified atom stereocenters. The van der Waals surface area contributed by atoms with Crippen LogP contribution in [0.1, 0.15) is 38.5 Å². The average molecular weight is 273 g/mol. The Hall–Kier alpha value is -0.900. The molecule has 0 spiro atoms. The monoisotopic (exact) mass is 273 g/mol. The van der Waals surface area contributed by atoms with Gasteiger partial charge in [-0.1, -0.05) is 0 Å². The van der Waals surface area contributed by atoms with E-state index < -0.39 is 0 Å². The summed E-state index contributed by atoms with van der Waals surface area (Å²) in [5.41, 5.74) is 1.16. The van der Waals surface area contributed by atoms with Gasteiger partial charge in [-0.2, -0.15) is 5.10 Å². The van der Waals surface area contributed by atoms with E-state index in [0.717, 1.165) is 48.9 Å². The first-order chi connectivity index (χ1) is 9.79. The molecule has 4 bridgehead atoms. The van der Waals surface area contributed by atoms with Gasteiger partial charge in [-0.05, 0) is 55.8 Å². The van der Waals surface area contributed by atoms with Crippen molar-refractivity contribution < 1.29 is 4.79 Å². The molecule has 0 radical (unpaired) electrons. The maximum Gasteiger partial charge on any atom is 0.253 e. The van der Waals surface area contributed by atoms with E-state index >= 15 is 0 Å². The first kappa shape index (κ1) is 11.7. The predicted molar refractivity (Wildman–Crippen MR) is 76.1 cm³/mol. The molecule has 0 aromatic heterocycles. The minimum atomic E-state index is 0.0564. The summed E-state index contributed by atoms with van der Waals surface area (Å²) in [6.45, 7) is 1.79. The van der Waals surface area contributed by atoms with Crippen LogP contribution >= 0.6 is 0 Å². The van der Waals surface area contributed by atoms with Gasteiger partial charge in [0.25, 0.3) is 5.91 Å². The van der Waals surface area contributed by atoms with Crippen molar-refractivity contribution in [3.05, 3.63) is 0 Å². The summed E-state index contributed by atoms with van der Waals surface area (Å²) in [7, 11) is 0. The van der Waals surface area contributed by atoms with Gasteiger partial charge in [0.05, 0.1) is 17.7 Å². The van der Waals surface area contributed by atoms with Crippen LogP contribution in [0.3, 0.4) is 0 Å². The molecule has 20 heavy (non-hydrogen) atoms. The van der Waals surface area contributed by atoms with E-state index in [1.807, 2.05) is 5.01 Å². The van der Waals surface area contributed by atoms with Gasteiger partial charge in [-0.15, -0.1) is 0 Å². The smallest absolute Gasteiger partial charge is 0.253 e. The van der Waals surface area contributed by atoms with Crippen molar-refractivity contribution in [3.8, 4) is 0 Å². The Kier molecular flexibility index (Phi) is 2.38. The molecule has 1 saturated heterocycles. The number of nitrogens with zero attached hydrogens (tertiary/aromatic N) is 2. The van der Waals surface area contributed by atoms with Crippen LogP contribution in [-0.4, -0.2) is 35.8 Å². The molecule has 2 aliphatic heterocycles. The molecule has 5 fully saturated rings. The molecule has 6 rings (SSSR count). The zero-order chi connectivity index (χ0) is 13.3. The number of amides is 1. The zero-order valence-corrected chi connectivity index (χ0v) is 11.9. The van der Waals surface area contributed by atoms with Gasteiger partial charge in [0.15, 0.2) is 0 Å². The summed E-state index contributed by atoms with van der Waals surface area (Å²) < 4.78 is 0. The Balaban J connectivity index is 1.46. The molecule has 108 valence electrons. The lowest BCUT2D eigenvalue weighted by Crippen LogP contribution is -2.56. The minimum Gasteiger partial charge on any atom is -0.315 e. The van der Waals surface area contributed by atoms with Crippen LogP contribution in [0.25, 0.3) is 0 Å². The fourth-order valence-electron chi connectivity index (χ4n) is 5.96. The van der Waals surface area contributed by atoms with Gasteiger partial charge in [-0.3, -0.25) is 4.79 Å². The molecular formula is C16H23N3O. The molecule has 4 nitrogen and oxygen atoms in total. The number of carbonyl (C=O) groups is 1. The highest BCUT2D eigenvalue weighted by molar-refractivity contribution is 6.08. The van der Waals surface area contributed by atoms with Crippen molar-refractivity contribution >= 4 is 11.6 Å². The highest BCUT2D eigenvalue weighted by Crippen LogP contribution is 2.55. The lowest BCUT2D eigenvalue weighted by Gasteiger charge is -2.55. The van der Waals surface area contributed by atoms with Gasteiger partial charge in [0, 0.05) is 19.5 Å². The third-order valence-corrected chi connectivity index (χ3v) is 6.53. The second-order valence-corrected chi connectivity index (χ2v) is 7.70. The lowest BCUT2D eigenvalue weighted by molar-refractivity contribution is -0.143. The SMILES string of the molecule is O=C1C2CNCCC2=NN1C1C2CC3CC(C2)CC1C3. The second-order valence-electron chi connectivity index (χ2n) is 7.70. The molecule has 4 heteroatoms. The molecular weight excluding hydrogens is 250 g/mol. The van der Waals surface area contributed by atoms with Gasteiger partial charge in [0.2, 0.25) is 0 Å². The number of nitrogens with one attached hydrogen (secondary N) is 1. The summed E-state index contributed by atoms with van der Waals surface area (Å²) in [6, 6.07) is 0.438. The van der Waals surface area contributed by atoms with Crippen LogP contribution in [0.4, 0.5) is 0 Å². The van der Waals surface area contributed by atoms with Gasteiger partial charge < -0.3 is 5.32 Å². The van der Waals surface area contributed by atoms with E-state index in [1.54, 1.807) is 0 Å². The molecule has 6 aliphatic rings. The number of rotatable bonds is 1. The first-order valence-electron chi connectivity index (χ1n) is 8.40. The Morgan fingerprint density at radius 3 is 2.40 bits per heavy atom. The van der Waals surface area contributed by atoms with Crippen LogP contribution < -0.4 is 5.32 Å². The molecule has 2 heterocycles. The molecule has 0 aromatic carbocycles. The Labute approximate surface area is 120 Å². The highest BCUT2D eigenvalue weighted by Gasteiger charge is 2.53. The van der Waals surface area contributed by atoms with Crippen LogP contribution in [0.5, 0.6) is 0 Å². The predicted octanol–water partition coefficient (Wildman–Crippen LogP) is 1.62. The largest absolute Gasteiger partial charge is 0.315 e. The van der Waals surface area contributed by atoms with Crippen molar-refractivity contribution in [2.24, 2.45) is 34.7 Å². The fourth-order valence-corrected chi connectivity index (χ4v) is 5.96. The van der Waals surface area contributed by atoms with Crippen molar-refractivity contribution in [1.82, 2.24) is 10.3 Å². The van der Waals surface area contributed by atoms with Crippen LogP contribution in [0.2, 0.25) is 0 Å². The summed E-state index contributed by atoms with van der Waals surface area (Å²) in [6.07, 6.45) is 7.85. The topological polar surface area (TPSA) is 44.7 Å². The fraction of sp³-hybridized carbons (Fsp3) is 0.875.